The number of aliphatic hydroxyl groups is 3. The molecule has 164 valence electrons. The largest absolute Gasteiger partial charge is 0.393 e. The van der Waals surface area contributed by atoms with Gasteiger partial charge in [-0.05, 0) is 105 Å². The molecule has 0 aliphatic heterocycles. The Hall–Kier alpha value is -0.120. The molecule has 0 heterocycles. The third kappa shape index (κ3) is 5.13. The van der Waals surface area contributed by atoms with E-state index in [9.17, 15) is 15.3 Å². The van der Waals surface area contributed by atoms with E-state index in [2.05, 4.69) is 34.6 Å². The van der Waals surface area contributed by atoms with Crippen LogP contribution in [0.5, 0.6) is 0 Å². The number of hydrogen-bond acceptors (Lipinski definition) is 3. The molecule has 3 N–H and O–H groups in total. The summed E-state index contributed by atoms with van der Waals surface area (Å²) in [5.41, 5.74) is 0. The van der Waals surface area contributed by atoms with Crippen molar-refractivity contribution in [2.75, 3.05) is 0 Å². The molecule has 28 heavy (non-hydrogen) atoms. The highest BCUT2D eigenvalue weighted by molar-refractivity contribution is 4.92. The van der Waals surface area contributed by atoms with E-state index in [1.807, 2.05) is 0 Å². The van der Waals surface area contributed by atoms with E-state index >= 15 is 0 Å². The first-order valence-corrected chi connectivity index (χ1v) is 12.2. The van der Waals surface area contributed by atoms with Gasteiger partial charge < -0.3 is 15.3 Å². The zero-order chi connectivity index (χ0) is 20.6. The van der Waals surface area contributed by atoms with E-state index in [0.717, 1.165) is 51.4 Å². The Morgan fingerprint density at radius 1 is 0.500 bits per heavy atom. The predicted octanol–water partition coefficient (Wildman–Crippen LogP) is 4.88. The summed E-state index contributed by atoms with van der Waals surface area (Å²) in [6, 6.07) is 0. The van der Waals surface area contributed by atoms with Crippen LogP contribution in [0.25, 0.3) is 0 Å². The molecule has 10 atom stereocenters. The minimum absolute atomic E-state index is 0.140. The van der Waals surface area contributed by atoms with Crippen molar-refractivity contribution in [1.29, 1.82) is 0 Å². The summed E-state index contributed by atoms with van der Waals surface area (Å²) in [4.78, 5) is 0. The van der Waals surface area contributed by atoms with Crippen molar-refractivity contribution < 1.29 is 15.3 Å². The molecule has 3 heteroatoms. The van der Waals surface area contributed by atoms with Crippen LogP contribution in [0, 0.1) is 53.3 Å². The lowest BCUT2D eigenvalue weighted by Gasteiger charge is -2.45. The molecular weight excluding hydrogens is 348 g/mol. The summed E-state index contributed by atoms with van der Waals surface area (Å²) < 4.78 is 0. The molecular formula is C25H46O3. The third-order valence-corrected chi connectivity index (χ3v) is 9.09. The lowest BCUT2D eigenvalue weighted by Crippen LogP contribution is -2.42. The summed E-state index contributed by atoms with van der Waals surface area (Å²) in [6.45, 7) is 11.3. The molecule has 3 aliphatic carbocycles. The van der Waals surface area contributed by atoms with Gasteiger partial charge in [-0.15, -0.1) is 0 Å². The summed E-state index contributed by atoms with van der Waals surface area (Å²) in [5, 5.41) is 31.7. The van der Waals surface area contributed by atoms with Gasteiger partial charge in [-0.3, -0.25) is 0 Å². The first kappa shape index (κ1) is 22.6. The first-order chi connectivity index (χ1) is 13.2. The Morgan fingerprint density at radius 3 is 1.29 bits per heavy atom. The molecule has 3 aliphatic rings. The van der Waals surface area contributed by atoms with Crippen LogP contribution in [0.3, 0.4) is 0 Å². The van der Waals surface area contributed by atoms with Gasteiger partial charge in [0.1, 0.15) is 0 Å². The van der Waals surface area contributed by atoms with Gasteiger partial charge in [-0.1, -0.05) is 34.6 Å². The van der Waals surface area contributed by atoms with Gasteiger partial charge in [0.2, 0.25) is 0 Å². The van der Waals surface area contributed by atoms with Crippen LogP contribution in [0.4, 0.5) is 0 Å². The molecule has 0 saturated heterocycles. The van der Waals surface area contributed by atoms with Gasteiger partial charge in [-0.2, -0.15) is 0 Å². The highest BCUT2D eigenvalue weighted by atomic mass is 16.3. The van der Waals surface area contributed by atoms with Gasteiger partial charge in [0.15, 0.2) is 0 Å². The van der Waals surface area contributed by atoms with Crippen molar-refractivity contribution in [3.8, 4) is 0 Å². The van der Waals surface area contributed by atoms with E-state index in [-0.39, 0.29) is 18.3 Å². The molecule has 3 nitrogen and oxygen atoms in total. The zero-order valence-electron chi connectivity index (χ0n) is 18.9. The van der Waals surface area contributed by atoms with Gasteiger partial charge in [0.25, 0.3) is 0 Å². The number of aliphatic hydroxyl groups excluding tert-OH is 3. The van der Waals surface area contributed by atoms with Crippen molar-refractivity contribution in [2.45, 2.75) is 104 Å². The highest BCUT2D eigenvalue weighted by Gasteiger charge is 2.41. The van der Waals surface area contributed by atoms with E-state index in [1.165, 1.54) is 0 Å². The SMILES string of the molecule is CC1CC(CC2CC(C)C(O)CC2C)C(O)C(CC2CC(C)C(O)CC2C)C1. The Bertz CT molecular complexity index is 452. The first-order valence-electron chi connectivity index (χ1n) is 12.2. The maximum Gasteiger partial charge on any atom is 0.0596 e. The molecule has 3 saturated carbocycles. The van der Waals surface area contributed by atoms with Crippen LogP contribution in [0.2, 0.25) is 0 Å². The van der Waals surface area contributed by atoms with Crippen LogP contribution in [0.1, 0.15) is 86.0 Å². The van der Waals surface area contributed by atoms with Gasteiger partial charge >= 0.3 is 0 Å². The van der Waals surface area contributed by atoms with E-state index < -0.39 is 0 Å². The summed E-state index contributed by atoms with van der Waals surface area (Å²) in [7, 11) is 0. The normalized spacial score (nSPS) is 53.1. The Morgan fingerprint density at radius 2 is 0.893 bits per heavy atom. The number of rotatable bonds is 4. The molecule has 0 bridgehead atoms. The number of hydrogen-bond donors (Lipinski definition) is 3. The van der Waals surface area contributed by atoms with Gasteiger partial charge in [-0.25, -0.2) is 0 Å². The van der Waals surface area contributed by atoms with Gasteiger partial charge in [0.05, 0.1) is 18.3 Å². The fraction of sp³-hybridized carbons (Fsp3) is 1.00. The topological polar surface area (TPSA) is 60.7 Å². The second-order valence-electron chi connectivity index (χ2n) is 11.6. The van der Waals surface area contributed by atoms with Crippen LogP contribution in [-0.4, -0.2) is 33.6 Å². The average molecular weight is 395 g/mol. The van der Waals surface area contributed by atoms with E-state index in [1.54, 1.807) is 0 Å². The van der Waals surface area contributed by atoms with Crippen LogP contribution in [0.15, 0.2) is 0 Å². The Kier molecular flexibility index (Phi) is 7.53. The van der Waals surface area contributed by atoms with Crippen LogP contribution >= 0.6 is 0 Å². The Labute approximate surface area is 173 Å². The van der Waals surface area contributed by atoms with E-state index in [4.69, 9.17) is 0 Å². The quantitative estimate of drug-likeness (QED) is 0.637. The molecule has 0 aromatic rings. The average Bonchev–Trinajstić information content (AvgIpc) is 2.61. The van der Waals surface area contributed by atoms with Gasteiger partial charge in [0, 0.05) is 0 Å². The monoisotopic (exact) mass is 394 g/mol. The lowest BCUT2D eigenvalue weighted by molar-refractivity contribution is -0.0477. The molecule has 0 aromatic heterocycles. The summed E-state index contributed by atoms with van der Waals surface area (Å²) >= 11 is 0. The minimum Gasteiger partial charge on any atom is -0.393 e. The summed E-state index contributed by atoms with van der Waals surface area (Å²) in [5.74, 6) is 4.75. The molecule has 0 spiro atoms. The summed E-state index contributed by atoms with van der Waals surface area (Å²) in [6.07, 6.45) is 8.21. The smallest absolute Gasteiger partial charge is 0.0596 e. The molecule has 10 unspecified atom stereocenters. The lowest BCUT2D eigenvalue weighted by atomic mass is 9.63. The Balaban J connectivity index is 1.61. The third-order valence-electron chi connectivity index (χ3n) is 9.09. The standard InChI is InChI=1S/C25H46O3/c1-14-6-21(12-19-8-17(4)23(26)10-15(19)2)25(28)22(7-14)13-20-9-18(5)24(27)11-16(20)3/h14-28H,6-13H2,1-5H3. The zero-order valence-corrected chi connectivity index (χ0v) is 18.9. The predicted molar refractivity (Wildman–Crippen MR) is 115 cm³/mol. The maximum absolute atomic E-state index is 11.3. The fourth-order valence-electron chi connectivity index (χ4n) is 7.04. The van der Waals surface area contributed by atoms with Crippen LogP contribution in [-0.2, 0) is 0 Å². The van der Waals surface area contributed by atoms with Crippen LogP contribution < -0.4 is 0 Å². The van der Waals surface area contributed by atoms with Crippen molar-refractivity contribution in [2.24, 2.45) is 53.3 Å². The molecule has 3 fully saturated rings. The fourth-order valence-corrected chi connectivity index (χ4v) is 7.04. The van der Waals surface area contributed by atoms with E-state index in [0.29, 0.717) is 53.3 Å². The highest BCUT2D eigenvalue weighted by Crippen LogP contribution is 2.46. The minimum atomic E-state index is -0.167. The maximum atomic E-state index is 11.3. The molecule has 0 amide bonds. The molecule has 3 rings (SSSR count). The van der Waals surface area contributed by atoms with Crippen molar-refractivity contribution in [1.82, 2.24) is 0 Å². The van der Waals surface area contributed by atoms with Crippen molar-refractivity contribution in [3.63, 3.8) is 0 Å². The second-order valence-corrected chi connectivity index (χ2v) is 11.6. The van der Waals surface area contributed by atoms with Crippen molar-refractivity contribution >= 4 is 0 Å². The second kappa shape index (κ2) is 9.35. The van der Waals surface area contributed by atoms with Crippen molar-refractivity contribution in [3.05, 3.63) is 0 Å². The molecule has 0 aromatic carbocycles. The molecule has 0 radical (unpaired) electrons.